The van der Waals surface area contributed by atoms with Gasteiger partial charge in [-0.05, 0) is 37.8 Å². The standard InChI is InChI=1S/C26H30BrNO6/c1-16(2)23(28-25(32)34-26(3,4)5)24(31)33-15-22(30)20-12-8-18(9-13-20)17-6-10-19(11-7-17)21(29)14-27/h6-13,16,23H,14-15H2,1-5H3,(H,28,32)/t23-/m0/s1. The van der Waals surface area contributed by atoms with Crippen LogP contribution in [0.4, 0.5) is 4.79 Å². The van der Waals surface area contributed by atoms with Crippen LogP contribution in [0.3, 0.4) is 0 Å². The molecule has 0 bridgehead atoms. The first kappa shape index (κ1) is 27.2. The summed E-state index contributed by atoms with van der Waals surface area (Å²) in [6.45, 7) is 8.24. The molecule has 0 spiro atoms. The fourth-order valence-corrected chi connectivity index (χ4v) is 3.34. The molecule has 0 saturated heterocycles. The first-order valence-corrected chi connectivity index (χ1v) is 12.0. The number of ether oxygens (including phenoxy) is 2. The topological polar surface area (TPSA) is 98.8 Å². The lowest BCUT2D eigenvalue weighted by molar-refractivity contribution is -0.146. The van der Waals surface area contributed by atoms with E-state index in [2.05, 4.69) is 21.2 Å². The summed E-state index contributed by atoms with van der Waals surface area (Å²) in [5.74, 6) is -1.32. The maximum absolute atomic E-state index is 12.5. The smallest absolute Gasteiger partial charge is 0.408 e. The molecular weight excluding hydrogens is 502 g/mol. The highest BCUT2D eigenvalue weighted by atomic mass is 79.9. The molecule has 0 aliphatic carbocycles. The van der Waals surface area contributed by atoms with Crippen LogP contribution in [0.5, 0.6) is 0 Å². The number of nitrogens with one attached hydrogen (secondary N) is 1. The van der Waals surface area contributed by atoms with Crippen molar-refractivity contribution in [1.29, 1.82) is 0 Å². The molecule has 0 fully saturated rings. The number of Topliss-reactive ketones (excluding diaryl/α,β-unsaturated/α-hetero) is 2. The molecule has 1 N–H and O–H groups in total. The first-order chi connectivity index (χ1) is 15.9. The maximum Gasteiger partial charge on any atom is 0.408 e. The Hall–Kier alpha value is -3.00. The van der Waals surface area contributed by atoms with Crippen molar-refractivity contribution in [1.82, 2.24) is 5.32 Å². The third kappa shape index (κ3) is 8.09. The number of rotatable bonds is 9. The molecule has 1 atom stereocenters. The number of hydrogen-bond donors (Lipinski definition) is 1. The van der Waals surface area contributed by atoms with E-state index in [9.17, 15) is 19.2 Å². The summed E-state index contributed by atoms with van der Waals surface area (Å²) in [7, 11) is 0. The van der Waals surface area contributed by atoms with Gasteiger partial charge in [-0.1, -0.05) is 78.3 Å². The number of carbonyl (C=O) groups is 4. The van der Waals surface area contributed by atoms with E-state index in [1.807, 2.05) is 12.1 Å². The van der Waals surface area contributed by atoms with E-state index in [1.165, 1.54) is 0 Å². The van der Waals surface area contributed by atoms with Crippen molar-refractivity contribution >= 4 is 39.6 Å². The Morgan fingerprint density at radius 1 is 0.853 bits per heavy atom. The number of amides is 1. The second-order valence-electron chi connectivity index (χ2n) is 9.11. The van der Waals surface area contributed by atoms with Gasteiger partial charge in [-0.2, -0.15) is 0 Å². The highest BCUT2D eigenvalue weighted by molar-refractivity contribution is 9.09. The van der Waals surface area contributed by atoms with Gasteiger partial charge in [-0.25, -0.2) is 9.59 Å². The Labute approximate surface area is 208 Å². The number of carbonyl (C=O) groups excluding carboxylic acids is 4. The molecule has 34 heavy (non-hydrogen) atoms. The van der Waals surface area contributed by atoms with Crippen molar-refractivity contribution in [2.24, 2.45) is 5.92 Å². The second kappa shape index (κ2) is 11.9. The largest absolute Gasteiger partial charge is 0.456 e. The summed E-state index contributed by atoms with van der Waals surface area (Å²) < 4.78 is 10.4. The molecule has 0 aliphatic rings. The van der Waals surface area contributed by atoms with E-state index >= 15 is 0 Å². The molecule has 0 aliphatic heterocycles. The van der Waals surface area contributed by atoms with Gasteiger partial charge < -0.3 is 14.8 Å². The molecule has 0 unspecified atom stereocenters. The van der Waals surface area contributed by atoms with Gasteiger partial charge in [0.15, 0.2) is 18.2 Å². The lowest BCUT2D eigenvalue weighted by Crippen LogP contribution is -2.47. The van der Waals surface area contributed by atoms with Gasteiger partial charge in [0.1, 0.15) is 11.6 Å². The van der Waals surface area contributed by atoms with E-state index in [4.69, 9.17) is 9.47 Å². The number of alkyl carbamates (subject to hydrolysis) is 1. The van der Waals surface area contributed by atoms with Crippen molar-refractivity contribution in [2.75, 3.05) is 11.9 Å². The Kier molecular flexibility index (Phi) is 9.55. The van der Waals surface area contributed by atoms with E-state index in [-0.39, 0.29) is 22.8 Å². The van der Waals surface area contributed by atoms with Gasteiger partial charge in [0.2, 0.25) is 0 Å². The van der Waals surface area contributed by atoms with Crippen molar-refractivity contribution in [3.05, 3.63) is 59.7 Å². The summed E-state index contributed by atoms with van der Waals surface area (Å²) >= 11 is 3.16. The molecule has 7 nitrogen and oxygen atoms in total. The molecule has 2 aromatic carbocycles. The molecule has 2 rings (SSSR count). The van der Waals surface area contributed by atoms with Crippen LogP contribution in [0.1, 0.15) is 55.3 Å². The molecule has 0 aromatic heterocycles. The van der Waals surface area contributed by atoms with Crippen LogP contribution in [-0.4, -0.2) is 47.2 Å². The van der Waals surface area contributed by atoms with Crippen LogP contribution in [0.2, 0.25) is 0 Å². The van der Waals surface area contributed by atoms with E-state index in [1.54, 1.807) is 71.0 Å². The molecule has 0 heterocycles. The Morgan fingerprint density at radius 3 is 1.74 bits per heavy atom. The zero-order valence-electron chi connectivity index (χ0n) is 20.0. The Balaban J connectivity index is 1.97. The number of benzene rings is 2. The molecule has 2 aromatic rings. The molecule has 8 heteroatoms. The van der Waals surface area contributed by atoms with E-state index < -0.39 is 30.3 Å². The molecule has 1 amide bonds. The van der Waals surface area contributed by atoms with Gasteiger partial charge in [0.05, 0.1) is 5.33 Å². The van der Waals surface area contributed by atoms with Crippen LogP contribution >= 0.6 is 15.9 Å². The SMILES string of the molecule is CC(C)[C@H](NC(=O)OC(C)(C)C)C(=O)OCC(=O)c1ccc(-c2ccc(C(=O)CBr)cc2)cc1. The quantitative estimate of drug-likeness (QED) is 0.271. The Morgan fingerprint density at radius 2 is 1.32 bits per heavy atom. The Bertz CT molecular complexity index is 1020. The van der Waals surface area contributed by atoms with Crippen molar-refractivity contribution in [3.63, 3.8) is 0 Å². The minimum atomic E-state index is -0.940. The van der Waals surface area contributed by atoms with Crippen LogP contribution < -0.4 is 5.32 Å². The molecular formula is C26H30BrNO6. The van der Waals surface area contributed by atoms with Crippen molar-refractivity contribution in [3.8, 4) is 11.1 Å². The number of alkyl halides is 1. The third-order valence-electron chi connectivity index (χ3n) is 4.81. The average Bonchev–Trinajstić information content (AvgIpc) is 2.79. The molecule has 0 radical (unpaired) electrons. The maximum atomic E-state index is 12.5. The van der Waals surface area contributed by atoms with Gasteiger partial charge in [0.25, 0.3) is 0 Å². The minimum absolute atomic E-state index is 0.00282. The zero-order chi connectivity index (χ0) is 25.5. The van der Waals surface area contributed by atoms with Crippen LogP contribution in [0.15, 0.2) is 48.5 Å². The number of esters is 1. The monoisotopic (exact) mass is 531 g/mol. The van der Waals surface area contributed by atoms with E-state index in [0.717, 1.165) is 11.1 Å². The highest BCUT2D eigenvalue weighted by Crippen LogP contribution is 2.21. The first-order valence-electron chi connectivity index (χ1n) is 10.9. The van der Waals surface area contributed by atoms with Crippen LogP contribution in [0.25, 0.3) is 11.1 Å². The predicted octanol–water partition coefficient (Wildman–Crippen LogP) is 5.21. The molecule has 182 valence electrons. The van der Waals surface area contributed by atoms with Crippen LogP contribution in [-0.2, 0) is 14.3 Å². The normalized spacial score (nSPS) is 12.1. The average molecular weight is 532 g/mol. The lowest BCUT2D eigenvalue weighted by Gasteiger charge is -2.24. The van der Waals surface area contributed by atoms with Gasteiger partial charge in [0, 0.05) is 11.1 Å². The van der Waals surface area contributed by atoms with Crippen molar-refractivity contribution < 1.29 is 28.7 Å². The van der Waals surface area contributed by atoms with Gasteiger partial charge in [-0.3, -0.25) is 9.59 Å². The predicted molar refractivity (Wildman–Crippen MR) is 133 cm³/mol. The van der Waals surface area contributed by atoms with Crippen LogP contribution in [0, 0.1) is 5.92 Å². The number of halogens is 1. The summed E-state index contributed by atoms with van der Waals surface area (Å²) in [4.78, 5) is 48.8. The fraction of sp³-hybridized carbons (Fsp3) is 0.385. The fourth-order valence-electron chi connectivity index (χ4n) is 3.02. The summed E-state index contributed by atoms with van der Waals surface area (Å²) in [5.41, 5.74) is 2.10. The van der Waals surface area contributed by atoms with Gasteiger partial charge >= 0.3 is 12.1 Å². The summed E-state index contributed by atoms with van der Waals surface area (Å²) in [5, 5.41) is 2.77. The third-order valence-corrected chi connectivity index (χ3v) is 5.32. The second-order valence-corrected chi connectivity index (χ2v) is 9.67. The van der Waals surface area contributed by atoms with Gasteiger partial charge in [-0.15, -0.1) is 0 Å². The lowest BCUT2D eigenvalue weighted by atomic mass is 10.0. The molecule has 0 saturated carbocycles. The van der Waals surface area contributed by atoms with Crippen molar-refractivity contribution in [2.45, 2.75) is 46.3 Å². The van der Waals surface area contributed by atoms with E-state index in [0.29, 0.717) is 11.1 Å². The number of hydrogen-bond acceptors (Lipinski definition) is 6. The zero-order valence-corrected chi connectivity index (χ0v) is 21.6. The highest BCUT2D eigenvalue weighted by Gasteiger charge is 2.28. The minimum Gasteiger partial charge on any atom is -0.456 e. The summed E-state index contributed by atoms with van der Waals surface area (Å²) in [6, 6.07) is 13.2. The summed E-state index contributed by atoms with van der Waals surface area (Å²) in [6.07, 6.45) is -0.727. The number of ketones is 2.